The Morgan fingerprint density at radius 1 is 1.07 bits per heavy atom. The van der Waals surface area contributed by atoms with Gasteiger partial charge in [0.2, 0.25) is 0 Å². The molecule has 5 aliphatic rings. The molecule has 4 heteroatoms. The fourth-order valence-electron chi connectivity index (χ4n) is 7.94. The average molecular weight is 375 g/mol. The molecule has 1 heterocycles. The molecule has 0 unspecified atom stereocenters. The Morgan fingerprint density at radius 3 is 2.48 bits per heavy atom. The maximum atomic E-state index is 12.3. The van der Waals surface area contributed by atoms with E-state index in [9.17, 15) is 9.90 Å². The van der Waals surface area contributed by atoms with Gasteiger partial charge in [0.25, 0.3) is 0 Å². The highest BCUT2D eigenvalue weighted by Gasteiger charge is 2.65. The number of hydrogen-bond donors (Lipinski definition) is 1. The summed E-state index contributed by atoms with van der Waals surface area (Å²) >= 11 is 0. The Morgan fingerprint density at radius 2 is 1.78 bits per heavy atom. The van der Waals surface area contributed by atoms with Crippen LogP contribution in [-0.4, -0.2) is 35.5 Å². The smallest absolute Gasteiger partial charge is 0.172 e. The van der Waals surface area contributed by atoms with Crippen LogP contribution in [0.1, 0.15) is 72.1 Å². The molecule has 1 aliphatic heterocycles. The molecule has 0 bridgehead atoms. The van der Waals surface area contributed by atoms with Crippen molar-refractivity contribution in [3.8, 4) is 0 Å². The monoisotopic (exact) mass is 374 g/mol. The van der Waals surface area contributed by atoms with E-state index in [1.165, 1.54) is 0 Å². The van der Waals surface area contributed by atoms with Crippen LogP contribution in [0.3, 0.4) is 0 Å². The van der Waals surface area contributed by atoms with E-state index in [-0.39, 0.29) is 22.4 Å². The number of rotatable bonds is 1. The molecule has 1 saturated heterocycles. The van der Waals surface area contributed by atoms with Crippen LogP contribution in [0.4, 0.5) is 0 Å². The van der Waals surface area contributed by atoms with Crippen LogP contribution in [0, 0.1) is 28.6 Å². The molecule has 5 rings (SSSR count). The van der Waals surface area contributed by atoms with Gasteiger partial charge in [-0.2, -0.15) is 0 Å². The van der Waals surface area contributed by atoms with Crippen LogP contribution in [-0.2, 0) is 14.3 Å². The van der Waals surface area contributed by atoms with Gasteiger partial charge in [-0.25, -0.2) is 0 Å². The molecule has 4 aliphatic carbocycles. The van der Waals surface area contributed by atoms with E-state index in [1.807, 2.05) is 0 Å². The number of aliphatic hydroxyl groups is 1. The van der Waals surface area contributed by atoms with Gasteiger partial charge in [0.1, 0.15) is 5.60 Å². The number of Topliss-reactive ketones (excluding diaryl/α,β-unsaturated/α-hetero) is 1. The molecule has 0 radical (unpaired) electrons. The maximum absolute atomic E-state index is 12.3. The van der Waals surface area contributed by atoms with Crippen molar-refractivity contribution >= 4 is 5.78 Å². The number of fused-ring (bicyclic) bond motifs is 5. The zero-order valence-electron chi connectivity index (χ0n) is 17.1. The molecule has 0 aromatic heterocycles. The summed E-state index contributed by atoms with van der Waals surface area (Å²) in [6.07, 6.45) is 10.3. The van der Waals surface area contributed by atoms with Crippen LogP contribution in [0.5, 0.6) is 0 Å². The molecule has 0 aromatic carbocycles. The van der Waals surface area contributed by atoms with E-state index >= 15 is 0 Å². The first-order chi connectivity index (χ1) is 12.7. The van der Waals surface area contributed by atoms with E-state index in [0.717, 1.165) is 58.2 Å². The molecule has 0 amide bonds. The second-order valence-electron chi connectivity index (χ2n) is 10.5. The van der Waals surface area contributed by atoms with Crippen molar-refractivity contribution in [1.29, 1.82) is 0 Å². The van der Waals surface area contributed by atoms with Crippen molar-refractivity contribution in [3.05, 3.63) is 11.6 Å². The zero-order valence-corrected chi connectivity index (χ0v) is 17.1. The van der Waals surface area contributed by atoms with Gasteiger partial charge in [0.05, 0.1) is 13.2 Å². The molecular formula is C23H34O4. The summed E-state index contributed by atoms with van der Waals surface area (Å²) in [6, 6.07) is 0. The lowest BCUT2D eigenvalue weighted by molar-refractivity contribution is -0.188. The minimum Gasteiger partial charge on any atom is -0.382 e. The molecule has 4 fully saturated rings. The zero-order chi connectivity index (χ0) is 19.1. The van der Waals surface area contributed by atoms with E-state index in [1.54, 1.807) is 12.5 Å². The summed E-state index contributed by atoms with van der Waals surface area (Å²) in [4.78, 5) is 12.3. The highest BCUT2D eigenvalue weighted by Crippen LogP contribution is 2.68. The standard InChI is InChI=1S/C23H34O4/c1-15(24)23(25)9-7-19-17-5-4-16-14-22(26-12-13-27-22)11-10-20(16,2)18(17)6-8-21(19,23)3/h4,17-19,25H,5-14H2,1-3H3/t17-,18+,19+,20-,21+,23+/m0/s1. The van der Waals surface area contributed by atoms with E-state index in [2.05, 4.69) is 19.9 Å². The quantitative estimate of drug-likeness (QED) is 0.705. The summed E-state index contributed by atoms with van der Waals surface area (Å²) in [5.41, 5.74) is 0.396. The first-order valence-corrected chi connectivity index (χ1v) is 11.0. The molecule has 1 spiro atoms. The summed E-state index contributed by atoms with van der Waals surface area (Å²) in [6.45, 7) is 7.69. The molecule has 3 saturated carbocycles. The fraction of sp³-hybridized carbons (Fsp3) is 0.870. The summed E-state index contributed by atoms with van der Waals surface area (Å²) in [5.74, 6) is 1.31. The predicted molar refractivity (Wildman–Crippen MR) is 102 cm³/mol. The number of allylic oxidation sites excluding steroid dienone is 1. The number of carbonyl (C=O) groups excluding carboxylic acids is 1. The van der Waals surface area contributed by atoms with Crippen LogP contribution in [0.15, 0.2) is 11.6 Å². The lowest BCUT2D eigenvalue weighted by Gasteiger charge is -2.59. The van der Waals surface area contributed by atoms with E-state index < -0.39 is 5.60 Å². The van der Waals surface area contributed by atoms with Crippen LogP contribution in [0.2, 0.25) is 0 Å². The Hall–Kier alpha value is -0.710. The van der Waals surface area contributed by atoms with Crippen molar-refractivity contribution < 1.29 is 19.4 Å². The summed E-state index contributed by atoms with van der Waals surface area (Å²) in [7, 11) is 0. The van der Waals surface area contributed by atoms with Gasteiger partial charge in [0, 0.05) is 18.3 Å². The maximum Gasteiger partial charge on any atom is 0.172 e. The topological polar surface area (TPSA) is 55.8 Å². The average Bonchev–Trinajstić information content (AvgIpc) is 3.19. The van der Waals surface area contributed by atoms with Crippen LogP contribution < -0.4 is 0 Å². The highest BCUT2D eigenvalue weighted by molar-refractivity contribution is 5.86. The number of ether oxygens (including phenoxy) is 2. The Labute approximate surface area is 162 Å². The molecule has 1 N–H and O–H groups in total. The van der Waals surface area contributed by atoms with Crippen LogP contribution in [0.25, 0.3) is 0 Å². The molecule has 150 valence electrons. The van der Waals surface area contributed by atoms with E-state index in [4.69, 9.17) is 9.47 Å². The Balaban J connectivity index is 1.46. The van der Waals surface area contributed by atoms with Gasteiger partial charge in [-0.3, -0.25) is 4.79 Å². The van der Waals surface area contributed by atoms with Gasteiger partial charge in [0.15, 0.2) is 11.6 Å². The van der Waals surface area contributed by atoms with Crippen LogP contribution >= 0.6 is 0 Å². The Kier molecular flexibility index (Phi) is 3.85. The summed E-state index contributed by atoms with van der Waals surface area (Å²) < 4.78 is 12.0. The minimum atomic E-state index is -1.12. The van der Waals surface area contributed by atoms with Gasteiger partial charge in [-0.1, -0.05) is 25.5 Å². The predicted octanol–water partition coefficient (Wildman–Crippen LogP) is 4.01. The van der Waals surface area contributed by atoms with E-state index in [0.29, 0.717) is 24.2 Å². The number of carbonyl (C=O) groups is 1. The third-order valence-corrected chi connectivity index (χ3v) is 9.66. The Bertz CT molecular complexity index is 692. The highest BCUT2D eigenvalue weighted by atomic mass is 16.7. The summed E-state index contributed by atoms with van der Waals surface area (Å²) in [5, 5.41) is 11.3. The second-order valence-corrected chi connectivity index (χ2v) is 10.5. The third kappa shape index (κ3) is 2.24. The second kappa shape index (κ2) is 5.67. The van der Waals surface area contributed by atoms with Gasteiger partial charge >= 0.3 is 0 Å². The van der Waals surface area contributed by atoms with Crippen molar-refractivity contribution in [3.63, 3.8) is 0 Å². The van der Waals surface area contributed by atoms with Gasteiger partial charge in [-0.05, 0) is 68.6 Å². The fourth-order valence-corrected chi connectivity index (χ4v) is 7.94. The molecule has 4 nitrogen and oxygen atoms in total. The minimum absolute atomic E-state index is 0.0284. The lowest BCUT2D eigenvalue weighted by Crippen LogP contribution is -2.57. The molecule has 27 heavy (non-hydrogen) atoms. The molecular weight excluding hydrogens is 340 g/mol. The normalized spacial score (nSPS) is 50.7. The first-order valence-electron chi connectivity index (χ1n) is 11.0. The van der Waals surface area contributed by atoms with Crippen molar-refractivity contribution in [2.45, 2.75) is 83.5 Å². The molecule has 6 atom stereocenters. The van der Waals surface area contributed by atoms with Crippen molar-refractivity contribution in [2.24, 2.45) is 28.6 Å². The van der Waals surface area contributed by atoms with Crippen molar-refractivity contribution in [2.75, 3.05) is 13.2 Å². The van der Waals surface area contributed by atoms with Gasteiger partial charge < -0.3 is 14.6 Å². The first kappa shape index (κ1) is 18.3. The number of ketones is 1. The largest absolute Gasteiger partial charge is 0.382 e. The van der Waals surface area contributed by atoms with Crippen molar-refractivity contribution in [1.82, 2.24) is 0 Å². The molecule has 0 aromatic rings. The lowest BCUT2D eigenvalue weighted by atomic mass is 9.46. The number of hydrogen-bond acceptors (Lipinski definition) is 4. The SMILES string of the molecule is CC(=O)[C@]1(O)CC[C@@H]2[C@H]3CC=C4CC5(CC[C@]4(C)[C@@H]3CC[C@]21C)OCCO5. The third-order valence-electron chi connectivity index (χ3n) is 9.66. The van der Waals surface area contributed by atoms with Gasteiger partial charge in [-0.15, -0.1) is 0 Å².